The Morgan fingerprint density at radius 3 is 2.72 bits per heavy atom. The molecule has 2 heterocycles. The van der Waals surface area contributed by atoms with Crippen LogP contribution in [-0.2, 0) is 14.8 Å². The predicted octanol–water partition coefficient (Wildman–Crippen LogP) is 2.06. The van der Waals surface area contributed by atoms with Gasteiger partial charge < -0.3 is 4.74 Å². The maximum absolute atomic E-state index is 12.7. The highest BCUT2D eigenvalue weighted by Gasteiger charge is 2.29. The number of benzene rings is 1. The Labute approximate surface area is 146 Å². The topological polar surface area (TPSA) is 92.4 Å². The van der Waals surface area contributed by atoms with Gasteiger partial charge in [0, 0.05) is 19.2 Å². The summed E-state index contributed by atoms with van der Waals surface area (Å²) in [5.41, 5.74) is 2.19. The van der Waals surface area contributed by atoms with Crippen molar-refractivity contribution in [3.05, 3.63) is 53.7 Å². The van der Waals surface area contributed by atoms with Crippen molar-refractivity contribution >= 4 is 21.6 Å². The van der Waals surface area contributed by atoms with Crippen molar-refractivity contribution < 1.29 is 17.9 Å². The summed E-state index contributed by atoms with van der Waals surface area (Å²) < 4.78 is 31.6. The van der Waals surface area contributed by atoms with Crippen LogP contribution in [0.4, 0.5) is 0 Å². The van der Waals surface area contributed by atoms with Crippen molar-refractivity contribution in [3.8, 4) is 0 Å². The summed E-state index contributed by atoms with van der Waals surface area (Å²) in [5.74, 6) is -0.648. The van der Waals surface area contributed by atoms with Gasteiger partial charge in [-0.2, -0.15) is 9.40 Å². The zero-order valence-corrected chi connectivity index (χ0v) is 14.6. The highest BCUT2D eigenvalue weighted by molar-refractivity contribution is 7.89. The van der Waals surface area contributed by atoms with Gasteiger partial charge in [0.05, 0.1) is 6.61 Å². The minimum Gasteiger partial charge on any atom is -0.461 e. The first-order chi connectivity index (χ1) is 12.0. The molecule has 0 fully saturated rings. The number of aromatic amines is 1. The van der Waals surface area contributed by atoms with E-state index in [-0.39, 0.29) is 23.9 Å². The summed E-state index contributed by atoms with van der Waals surface area (Å²) in [7, 11) is -3.73. The molecular weight excluding hydrogens is 342 g/mol. The van der Waals surface area contributed by atoms with E-state index in [1.165, 1.54) is 10.4 Å². The molecule has 0 saturated carbocycles. The smallest absolute Gasteiger partial charge is 0.358 e. The van der Waals surface area contributed by atoms with Gasteiger partial charge in [-0.05, 0) is 24.5 Å². The van der Waals surface area contributed by atoms with Crippen LogP contribution in [0.15, 0.2) is 47.5 Å². The minimum atomic E-state index is -3.73. The number of hydrogen-bond acceptors (Lipinski definition) is 5. The number of sulfonamides is 1. The summed E-state index contributed by atoms with van der Waals surface area (Å²) in [6, 6.07) is 11.1. The van der Waals surface area contributed by atoms with E-state index in [2.05, 4.69) is 10.2 Å². The van der Waals surface area contributed by atoms with E-state index in [0.717, 1.165) is 11.1 Å². The largest absolute Gasteiger partial charge is 0.461 e. The second-order valence-electron chi connectivity index (χ2n) is 5.55. The molecule has 1 aliphatic heterocycles. The van der Waals surface area contributed by atoms with Gasteiger partial charge in [0.2, 0.25) is 0 Å². The molecule has 1 aromatic heterocycles. The summed E-state index contributed by atoms with van der Waals surface area (Å²) in [5, 5.41) is 6.06. The third kappa shape index (κ3) is 3.64. The maximum Gasteiger partial charge on any atom is 0.358 e. The third-order valence-corrected chi connectivity index (χ3v) is 5.75. The Morgan fingerprint density at radius 1 is 1.32 bits per heavy atom. The number of nitrogens with zero attached hydrogens (tertiary/aromatic N) is 2. The normalized spacial score (nSPS) is 15.6. The number of esters is 1. The molecule has 1 N–H and O–H groups in total. The van der Waals surface area contributed by atoms with E-state index in [1.54, 1.807) is 6.92 Å². The molecule has 1 aliphatic rings. The van der Waals surface area contributed by atoms with E-state index < -0.39 is 16.0 Å². The lowest BCUT2D eigenvalue weighted by molar-refractivity contribution is 0.0519. The van der Waals surface area contributed by atoms with Crippen LogP contribution < -0.4 is 0 Å². The number of ether oxygens (including phenoxy) is 1. The number of aromatic nitrogens is 2. The second kappa shape index (κ2) is 7.20. The number of carbonyl (C=O) groups excluding carboxylic acids is 1. The zero-order valence-electron chi connectivity index (χ0n) is 13.8. The van der Waals surface area contributed by atoms with Gasteiger partial charge in [0.1, 0.15) is 0 Å². The van der Waals surface area contributed by atoms with Crippen LogP contribution in [0.2, 0.25) is 0 Å². The Bertz CT molecular complexity index is 888. The maximum atomic E-state index is 12.7. The molecule has 3 rings (SSSR count). The molecule has 0 saturated heterocycles. The molecule has 0 spiro atoms. The molecule has 25 heavy (non-hydrogen) atoms. The average molecular weight is 361 g/mol. The Morgan fingerprint density at radius 2 is 2.08 bits per heavy atom. The van der Waals surface area contributed by atoms with Gasteiger partial charge >= 0.3 is 5.97 Å². The van der Waals surface area contributed by atoms with E-state index in [9.17, 15) is 13.2 Å². The van der Waals surface area contributed by atoms with Crippen LogP contribution in [0, 0.1) is 0 Å². The number of rotatable bonds is 5. The average Bonchev–Trinajstić information content (AvgIpc) is 3.14. The van der Waals surface area contributed by atoms with Crippen molar-refractivity contribution in [2.75, 3.05) is 19.7 Å². The van der Waals surface area contributed by atoms with E-state index in [4.69, 9.17) is 4.74 Å². The van der Waals surface area contributed by atoms with Crippen molar-refractivity contribution in [2.24, 2.45) is 0 Å². The molecule has 1 aromatic carbocycles. The summed E-state index contributed by atoms with van der Waals surface area (Å²) in [6.45, 7) is 2.52. The SMILES string of the molecule is CCOC(=O)c1cc(S(=O)(=O)N2CC=C(c3ccccc3)CC2)[nH]n1. The fourth-order valence-corrected chi connectivity index (χ4v) is 3.97. The molecule has 2 aromatic rings. The molecule has 0 aliphatic carbocycles. The summed E-state index contributed by atoms with van der Waals surface area (Å²) in [6.07, 6.45) is 2.54. The van der Waals surface area contributed by atoms with Crippen LogP contribution in [0.5, 0.6) is 0 Å². The summed E-state index contributed by atoms with van der Waals surface area (Å²) >= 11 is 0. The lowest BCUT2D eigenvalue weighted by atomic mass is 10.0. The molecule has 8 heteroatoms. The van der Waals surface area contributed by atoms with E-state index >= 15 is 0 Å². The number of nitrogens with one attached hydrogen (secondary N) is 1. The Balaban J connectivity index is 1.76. The van der Waals surface area contributed by atoms with Gasteiger partial charge in [-0.25, -0.2) is 13.2 Å². The van der Waals surface area contributed by atoms with Crippen molar-refractivity contribution in [1.29, 1.82) is 0 Å². The molecule has 7 nitrogen and oxygen atoms in total. The Kier molecular flexibility index (Phi) is 5.00. The van der Waals surface area contributed by atoms with Crippen LogP contribution in [0.3, 0.4) is 0 Å². The standard InChI is InChI=1S/C17H19N3O4S/c1-2-24-17(21)15-12-16(19-18-15)25(22,23)20-10-8-14(9-11-20)13-6-4-3-5-7-13/h3-8,12H,2,9-11H2,1H3,(H,18,19). The van der Waals surface area contributed by atoms with Gasteiger partial charge in [-0.3, -0.25) is 5.10 Å². The van der Waals surface area contributed by atoms with Gasteiger partial charge in [-0.1, -0.05) is 36.4 Å². The van der Waals surface area contributed by atoms with Crippen molar-refractivity contribution in [2.45, 2.75) is 18.4 Å². The molecule has 0 unspecified atom stereocenters. The van der Waals surface area contributed by atoms with Crippen molar-refractivity contribution in [1.82, 2.24) is 14.5 Å². The molecule has 0 atom stereocenters. The van der Waals surface area contributed by atoms with Gasteiger partial charge in [0.15, 0.2) is 10.7 Å². The fraction of sp³-hybridized carbons (Fsp3) is 0.294. The number of carbonyl (C=O) groups is 1. The Hall–Kier alpha value is -2.45. The van der Waals surface area contributed by atoms with E-state index in [0.29, 0.717) is 13.0 Å². The quantitative estimate of drug-likeness (QED) is 0.823. The van der Waals surface area contributed by atoms with Crippen LogP contribution in [0.25, 0.3) is 5.57 Å². The van der Waals surface area contributed by atoms with Crippen LogP contribution in [0.1, 0.15) is 29.4 Å². The van der Waals surface area contributed by atoms with Gasteiger partial charge in [-0.15, -0.1) is 0 Å². The number of H-pyrrole nitrogens is 1. The number of hydrogen-bond donors (Lipinski definition) is 1. The van der Waals surface area contributed by atoms with Crippen molar-refractivity contribution in [3.63, 3.8) is 0 Å². The second-order valence-corrected chi connectivity index (χ2v) is 7.45. The highest BCUT2D eigenvalue weighted by atomic mass is 32.2. The molecular formula is C17H19N3O4S. The molecule has 0 radical (unpaired) electrons. The minimum absolute atomic E-state index is 0.0436. The summed E-state index contributed by atoms with van der Waals surface area (Å²) in [4.78, 5) is 11.6. The zero-order chi connectivity index (χ0) is 17.9. The molecule has 0 bridgehead atoms. The lowest BCUT2D eigenvalue weighted by Gasteiger charge is -2.25. The monoisotopic (exact) mass is 361 g/mol. The lowest BCUT2D eigenvalue weighted by Crippen LogP contribution is -2.34. The predicted molar refractivity (Wildman–Crippen MR) is 92.3 cm³/mol. The first-order valence-electron chi connectivity index (χ1n) is 7.99. The molecule has 132 valence electrons. The first kappa shape index (κ1) is 17.4. The van der Waals surface area contributed by atoms with E-state index in [1.807, 2.05) is 36.4 Å². The van der Waals surface area contributed by atoms with Crippen LogP contribution >= 0.6 is 0 Å². The first-order valence-corrected chi connectivity index (χ1v) is 9.43. The van der Waals surface area contributed by atoms with Gasteiger partial charge in [0.25, 0.3) is 10.0 Å². The highest BCUT2D eigenvalue weighted by Crippen LogP contribution is 2.25. The third-order valence-electron chi connectivity index (χ3n) is 3.97. The van der Waals surface area contributed by atoms with Crippen LogP contribution in [-0.4, -0.2) is 48.6 Å². The fourth-order valence-electron chi connectivity index (χ4n) is 2.67. The molecule has 0 amide bonds.